The second-order valence-electron chi connectivity index (χ2n) is 25.3. The summed E-state index contributed by atoms with van der Waals surface area (Å²) in [4.78, 5) is 14.7. The van der Waals surface area contributed by atoms with Gasteiger partial charge in [-0.25, -0.2) is 10.0 Å². The molecule has 0 aliphatic carbocycles. The summed E-state index contributed by atoms with van der Waals surface area (Å²) in [6, 6.07) is 29.9. The fraction of sp³-hybridized carbons (Fsp3) is 0.698. The predicted octanol–water partition coefficient (Wildman–Crippen LogP) is 16.7. The molecule has 0 aromatic heterocycles. The van der Waals surface area contributed by atoms with Crippen molar-refractivity contribution in [1.82, 2.24) is 15.3 Å². The summed E-state index contributed by atoms with van der Waals surface area (Å²) in [5.74, 6) is 4.66. The van der Waals surface area contributed by atoms with Gasteiger partial charge in [-0.3, -0.25) is 15.3 Å². The Morgan fingerprint density at radius 3 is 1.36 bits per heavy atom. The van der Waals surface area contributed by atoms with Crippen molar-refractivity contribution in [3.63, 3.8) is 0 Å². The van der Waals surface area contributed by atoms with Gasteiger partial charge in [-0.15, -0.1) is 5.01 Å². The second-order valence-corrected chi connectivity index (χ2v) is 25.3. The van der Waals surface area contributed by atoms with Gasteiger partial charge in [-0.1, -0.05) is 83.1 Å². The Morgan fingerprint density at radius 1 is 0.431 bits per heavy atom. The van der Waals surface area contributed by atoms with Crippen molar-refractivity contribution in [2.75, 3.05) is 24.7 Å². The first-order chi connectivity index (χ1) is 34.2. The Balaban J connectivity index is 1.74. The van der Waals surface area contributed by atoms with E-state index in [0.29, 0.717) is 35.5 Å². The second kappa shape index (κ2) is 25.9. The summed E-state index contributed by atoms with van der Waals surface area (Å²) in [6.07, 6.45) is 12.6. The summed E-state index contributed by atoms with van der Waals surface area (Å²) in [7, 11) is 0. The molecule has 3 aromatic carbocycles. The highest BCUT2D eigenvalue weighted by atomic mass is 15.9. The van der Waals surface area contributed by atoms with Gasteiger partial charge in [0.05, 0.1) is 17.1 Å². The first-order valence-corrected chi connectivity index (χ1v) is 29.3. The van der Waals surface area contributed by atoms with Crippen LogP contribution in [0.2, 0.25) is 0 Å². The fourth-order valence-corrected chi connectivity index (χ4v) is 11.3. The molecule has 5 aliphatic heterocycles. The first-order valence-electron chi connectivity index (χ1n) is 29.3. The largest absolute Gasteiger partial charge is 0.333 e. The molecular weight excluding hydrogens is 883 g/mol. The van der Waals surface area contributed by atoms with E-state index < -0.39 is 6.29 Å². The molecule has 8 bridgehead atoms. The summed E-state index contributed by atoms with van der Waals surface area (Å²) in [5, 5.41) is 16.2. The maximum atomic E-state index is 6.48. The number of aliphatic imine (C=N–C) groups is 1. The number of hydrogen-bond donors (Lipinski definition) is 0. The summed E-state index contributed by atoms with van der Waals surface area (Å²) >= 11 is 0. The van der Waals surface area contributed by atoms with Crippen LogP contribution in [0.4, 0.5) is 34.1 Å². The highest BCUT2D eigenvalue weighted by Crippen LogP contribution is 2.45. The van der Waals surface area contributed by atoms with Gasteiger partial charge in [0.2, 0.25) is 18.5 Å². The minimum absolute atomic E-state index is 0.169. The molecule has 1 radical (unpaired) electrons. The van der Waals surface area contributed by atoms with Crippen LogP contribution in [-0.2, 0) is 0 Å². The van der Waals surface area contributed by atoms with Gasteiger partial charge in [0.1, 0.15) is 0 Å². The molecule has 5 aliphatic rings. The third-order valence-electron chi connectivity index (χ3n) is 15.8. The van der Waals surface area contributed by atoms with E-state index in [9.17, 15) is 0 Å². The smallest absolute Gasteiger partial charge is 0.227 e. The minimum atomic E-state index is -0.403. The summed E-state index contributed by atoms with van der Waals surface area (Å²) in [6.45, 7) is 43.1. The molecule has 9 heteroatoms. The summed E-state index contributed by atoms with van der Waals surface area (Å²) < 4.78 is 0. The Morgan fingerprint density at radius 2 is 0.847 bits per heavy atom. The van der Waals surface area contributed by atoms with Crippen molar-refractivity contribution in [1.29, 1.82) is 0 Å². The van der Waals surface area contributed by atoms with Gasteiger partial charge < -0.3 is 14.7 Å². The number of rotatable bonds is 27. The van der Waals surface area contributed by atoms with Crippen LogP contribution in [0.25, 0.3) is 0 Å². The molecule has 9 atom stereocenters. The lowest BCUT2D eigenvalue weighted by molar-refractivity contribution is -0.00521. The molecule has 0 amide bonds. The van der Waals surface area contributed by atoms with E-state index in [0.717, 1.165) is 82.3 Å². The van der Waals surface area contributed by atoms with Gasteiger partial charge in [-0.2, -0.15) is 0 Å². The topological polar surface area (TPSA) is 49.1 Å². The van der Waals surface area contributed by atoms with Crippen LogP contribution < -0.4 is 30.0 Å². The molecule has 0 N–H and O–H groups in total. The molecule has 0 saturated heterocycles. The Bertz CT molecular complexity index is 2080. The van der Waals surface area contributed by atoms with Crippen molar-refractivity contribution in [3.05, 3.63) is 72.8 Å². The molecule has 0 spiro atoms. The van der Waals surface area contributed by atoms with E-state index in [1.165, 1.54) is 34.9 Å². The van der Waals surface area contributed by atoms with Crippen molar-refractivity contribution < 1.29 is 0 Å². The third-order valence-corrected chi connectivity index (χ3v) is 15.8. The maximum Gasteiger partial charge on any atom is 0.227 e. The van der Waals surface area contributed by atoms with Crippen molar-refractivity contribution in [2.45, 2.75) is 251 Å². The van der Waals surface area contributed by atoms with Crippen LogP contribution >= 0.6 is 0 Å². The zero-order chi connectivity index (χ0) is 52.6. The molecular formula is C63H104N9. The highest BCUT2D eigenvalue weighted by molar-refractivity contribution is 5.99. The van der Waals surface area contributed by atoms with Crippen LogP contribution in [0.5, 0.6) is 0 Å². The molecule has 72 heavy (non-hydrogen) atoms. The standard InChI is InChI=1S/C63H104N9/c1-43(2)19-25-49(13)64-55-31-33-56(34-32-55)66(50(14)26-20-44(3)4)61-65-62-67(51(15)27-21-45(5)6)57-35-37-58(38-36-57)68(52(16)28-22-46(7)8)63-71(61)69(53(17)29-23-47(9)10)59-39-41-60(42-40-59)70(72(62)63)54(18)30-24-48(11)12/h31-54,61,63H,19-30H2,1-18H3. The average molecular weight is 988 g/mol. The maximum absolute atomic E-state index is 6.48. The molecule has 9 nitrogen and oxygen atoms in total. The van der Waals surface area contributed by atoms with Crippen molar-refractivity contribution in [2.24, 2.45) is 40.5 Å². The zero-order valence-electron chi connectivity index (χ0n) is 49.0. The molecule has 401 valence electrons. The van der Waals surface area contributed by atoms with Gasteiger partial charge in [0.25, 0.3) is 0 Å². The number of guanidine groups is 1. The van der Waals surface area contributed by atoms with Gasteiger partial charge >= 0.3 is 0 Å². The summed E-state index contributed by atoms with van der Waals surface area (Å²) in [5.41, 5.74) is 7.16. The van der Waals surface area contributed by atoms with Crippen molar-refractivity contribution in [3.8, 4) is 0 Å². The molecule has 9 unspecified atom stereocenters. The number of nitrogens with zero attached hydrogens (tertiary/aromatic N) is 9. The van der Waals surface area contributed by atoms with E-state index >= 15 is 0 Å². The number of hydrazine groups is 2. The van der Waals surface area contributed by atoms with Crippen molar-refractivity contribution >= 4 is 40.1 Å². The van der Waals surface area contributed by atoms with E-state index in [1.807, 2.05) is 0 Å². The Labute approximate surface area is 442 Å². The van der Waals surface area contributed by atoms with Gasteiger partial charge in [0.15, 0.2) is 0 Å². The number of anilines is 5. The quantitative estimate of drug-likeness (QED) is 0.0754. The van der Waals surface area contributed by atoms with E-state index in [4.69, 9.17) is 10.3 Å². The normalized spacial score (nSPS) is 20.4. The molecule has 5 heterocycles. The first kappa shape index (κ1) is 57.2. The Kier molecular flexibility index (Phi) is 20.6. The SMILES string of the molecule is CC(C)CCC(C)[N]c1ccc(N(C(C)CCC(C)C)C2N=C3N(C(C)CCC(C)C)c4ccc(cc4)N(C(C)CCC(C)C)C4N3N(C(C)CCC(C)C)c3ccc(cc3)N(C(C)CCC(C)C)N24)cc1. The number of benzene rings is 3. The van der Waals surface area contributed by atoms with Gasteiger partial charge in [0, 0.05) is 53.3 Å². The minimum Gasteiger partial charge on any atom is -0.333 e. The lowest BCUT2D eigenvalue weighted by atomic mass is 10.0. The van der Waals surface area contributed by atoms with Crippen LogP contribution in [0.1, 0.15) is 202 Å². The van der Waals surface area contributed by atoms with E-state index in [1.54, 1.807) is 0 Å². The molecule has 8 rings (SSSR count). The lowest BCUT2D eigenvalue weighted by Gasteiger charge is -2.61. The predicted molar refractivity (Wildman–Crippen MR) is 313 cm³/mol. The fourth-order valence-electron chi connectivity index (χ4n) is 11.3. The molecule has 0 fully saturated rings. The average Bonchev–Trinajstić information content (AvgIpc) is 3.43. The molecule has 3 aromatic rings. The third kappa shape index (κ3) is 14.2. The Hall–Kier alpha value is -4.11. The number of hydrogen-bond acceptors (Lipinski definition) is 8. The van der Waals surface area contributed by atoms with Crippen LogP contribution in [0, 0.1) is 35.5 Å². The number of fused-ring (bicyclic) bond motifs is 4. The zero-order valence-corrected chi connectivity index (χ0v) is 49.0. The monoisotopic (exact) mass is 987 g/mol. The van der Waals surface area contributed by atoms with E-state index in [-0.39, 0.29) is 42.5 Å². The lowest BCUT2D eigenvalue weighted by Crippen LogP contribution is -2.79. The van der Waals surface area contributed by atoms with Crippen LogP contribution in [-0.4, -0.2) is 64.8 Å². The van der Waals surface area contributed by atoms with Crippen LogP contribution in [0.15, 0.2) is 77.8 Å². The van der Waals surface area contributed by atoms with Gasteiger partial charge in [-0.05, 0) is 227 Å². The van der Waals surface area contributed by atoms with Crippen LogP contribution in [0.3, 0.4) is 0 Å². The van der Waals surface area contributed by atoms with E-state index in [2.05, 4.69) is 232 Å². The molecule has 0 saturated carbocycles. The highest BCUT2D eigenvalue weighted by Gasteiger charge is 2.54.